The molecule has 0 aromatic heterocycles. The normalized spacial score (nSPS) is 14.2. The van der Waals surface area contributed by atoms with Gasteiger partial charge in [0.1, 0.15) is 5.82 Å². The number of hydrogen-bond donors (Lipinski definition) is 0. The van der Waals surface area contributed by atoms with Gasteiger partial charge in [-0.2, -0.15) is 0 Å². The summed E-state index contributed by atoms with van der Waals surface area (Å²) in [6.45, 7) is 12.5. The second-order valence-electron chi connectivity index (χ2n) is 7.83. The zero-order chi connectivity index (χ0) is 21.1. The third-order valence-electron chi connectivity index (χ3n) is 5.66. The number of halogens is 1. The minimum Gasteiger partial charge on any atom is -0.256 e. The average Bonchev–Trinajstić information content (AvgIpc) is 2.68. The number of rotatable bonds is 7. The molecular formula is C26H31FN2. The Morgan fingerprint density at radius 2 is 1.79 bits per heavy atom. The van der Waals surface area contributed by atoms with Crippen LogP contribution in [0.25, 0.3) is 11.1 Å². The third-order valence-corrected chi connectivity index (χ3v) is 5.66. The number of benzene rings is 2. The summed E-state index contributed by atoms with van der Waals surface area (Å²) < 4.78 is 14.2. The fourth-order valence-electron chi connectivity index (χ4n) is 3.95. The number of fused-ring (bicyclic) bond motifs is 1. The summed E-state index contributed by atoms with van der Waals surface area (Å²) in [5.74, 6) is -0.159. The summed E-state index contributed by atoms with van der Waals surface area (Å²) in [5.41, 5.74) is 10.4. The van der Waals surface area contributed by atoms with Crippen LogP contribution in [0.3, 0.4) is 0 Å². The van der Waals surface area contributed by atoms with Crippen molar-refractivity contribution in [3.63, 3.8) is 0 Å². The number of hydrogen-bond acceptors (Lipinski definition) is 2. The lowest BCUT2D eigenvalue weighted by molar-refractivity contribution is 0.618. The van der Waals surface area contributed by atoms with Gasteiger partial charge in [-0.1, -0.05) is 44.9 Å². The molecule has 0 atom stereocenters. The Hall–Kier alpha value is -2.55. The molecule has 0 spiro atoms. The van der Waals surface area contributed by atoms with Crippen LogP contribution >= 0.6 is 0 Å². The number of aryl methyl sites for hydroxylation is 2. The molecule has 0 unspecified atom stereocenters. The van der Waals surface area contributed by atoms with Crippen molar-refractivity contribution in [1.82, 2.24) is 0 Å². The summed E-state index contributed by atoms with van der Waals surface area (Å²) in [6.07, 6.45) is 4.02. The molecule has 0 bridgehead atoms. The first kappa shape index (κ1) is 21.2. The molecule has 0 amide bonds. The number of nitrogens with zero attached hydrogens (tertiary/aromatic N) is 2. The molecular weight excluding hydrogens is 359 g/mol. The molecule has 0 radical (unpaired) electrons. The Balaban J connectivity index is 1.92. The van der Waals surface area contributed by atoms with Crippen molar-refractivity contribution < 1.29 is 4.39 Å². The fraction of sp³-hybridized carbons (Fsp3) is 0.385. The van der Waals surface area contributed by atoms with Gasteiger partial charge in [0.15, 0.2) is 0 Å². The van der Waals surface area contributed by atoms with E-state index in [4.69, 9.17) is 9.98 Å². The molecule has 2 aromatic rings. The van der Waals surface area contributed by atoms with Gasteiger partial charge >= 0.3 is 0 Å². The van der Waals surface area contributed by atoms with E-state index >= 15 is 0 Å². The van der Waals surface area contributed by atoms with Gasteiger partial charge in [-0.05, 0) is 80.5 Å². The monoisotopic (exact) mass is 390 g/mol. The van der Waals surface area contributed by atoms with E-state index in [9.17, 15) is 4.39 Å². The lowest BCUT2D eigenvalue weighted by atomic mass is 9.91. The van der Waals surface area contributed by atoms with Crippen molar-refractivity contribution in [2.45, 2.75) is 67.2 Å². The lowest BCUT2D eigenvalue weighted by Crippen LogP contribution is -2.18. The zero-order valence-electron chi connectivity index (χ0n) is 18.5. The summed E-state index contributed by atoms with van der Waals surface area (Å²) in [5, 5.41) is 0. The standard InChI is InChI=1S/C26H31FN2/c1-7-10-16(4)24(9-3)28-18(6)26-21-12-11-20(14-25(21)29-26)22-15-23(27)17(5)13-19(22)8-2/h11-15H,7-10H2,1-6H3/b24-16+,28-18+. The van der Waals surface area contributed by atoms with Gasteiger partial charge < -0.3 is 0 Å². The second kappa shape index (κ2) is 8.86. The Bertz CT molecular complexity index is 1030. The minimum atomic E-state index is -0.159. The predicted octanol–water partition coefficient (Wildman–Crippen LogP) is 7.74. The number of aliphatic imine (C=N–C) groups is 2. The van der Waals surface area contributed by atoms with Crippen molar-refractivity contribution in [2.24, 2.45) is 9.98 Å². The van der Waals surface area contributed by atoms with E-state index in [-0.39, 0.29) is 5.82 Å². The summed E-state index contributed by atoms with van der Waals surface area (Å²) in [6, 6.07) is 9.84. The van der Waals surface area contributed by atoms with E-state index in [0.717, 1.165) is 65.0 Å². The van der Waals surface area contributed by atoms with Crippen LogP contribution in [-0.2, 0) is 6.42 Å². The van der Waals surface area contributed by atoms with E-state index in [0.29, 0.717) is 5.56 Å². The maximum Gasteiger partial charge on any atom is 0.126 e. The van der Waals surface area contributed by atoms with E-state index in [1.54, 1.807) is 6.07 Å². The topological polar surface area (TPSA) is 24.7 Å². The summed E-state index contributed by atoms with van der Waals surface area (Å²) >= 11 is 0. The molecule has 29 heavy (non-hydrogen) atoms. The van der Waals surface area contributed by atoms with Crippen LogP contribution in [0.1, 0.15) is 70.6 Å². The van der Waals surface area contributed by atoms with E-state index in [1.807, 2.05) is 19.9 Å². The molecule has 1 aliphatic heterocycles. The first-order valence-electron chi connectivity index (χ1n) is 10.7. The van der Waals surface area contributed by atoms with Crippen molar-refractivity contribution in [2.75, 3.05) is 0 Å². The highest BCUT2D eigenvalue weighted by atomic mass is 19.1. The molecule has 0 aliphatic carbocycles. The van der Waals surface area contributed by atoms with Crippen LogP contribution in [0.5, 0.6) is 0 Å². The smallest absolute Gasteiger partial charge is 0.126 e. The molecule has 0 fully saturated rings. The highest BCUT2D eigenvalue weighted by Gasteiger charge is 2.22. The molecule has 152 valence electrons. The van der Waals surface area contributed by atoms with E-state index in [2.05, 4.69) is 45.9 Å². The zero-order valence-corrected chi connectivity index (χ0v) is 18.5. The lowest BCUT2D eigenvalue weighted by Gasteiger charge is -2.21. The first-order valence-corrected chi connectivity index (χ1v) is 10.7. The average molecular weight is 391 g/mol. The van der Waals surface area contributed by atoms with Gasteiger partial charge in [-0.15, -0.1) is 0 Å². The Morgan fingerprint density at radius 3 is 2.41 bits per heavy atom. The maximum atomic E-state index is 14.2. The van der Waals surface area contributed by atoms with Crippen LogP contribution in [0, 0.1) is 12.7 Å². The molecule has 2 aromatic carbocycles. The summed E-state index contributed by atoms with van der Waals surface area (Å²) in [4.78, 5) is 9.61. The van der Waals surface area contributed by atoms with E-state index in [1.165, 1.54) is 11.3 Å². The van der Waals surface area contributed by atoms with Gasteiger partial charge in [0, 0.05) is 11.3 Å². The van der Waals surface area contributed by atoms with Crippen LogP contribution in [0.15, 0.2) is 51.6 Å². The SMILES string of the molecule is CCC/C(C)=C(CC)/N=C(\C)C1=Nc2cc(-c3cc(F)c(C)cc3CC)ccc21. The highest BCUT2D eigenvalue weighted by molar-refractivity contribution is 6.51. The first-order chi connectivity index (χ1) is 13.9. The van der Waals surface area contributed by atoms with E-state index < -0.39 is 0 Å². The van der Waals surface area contributed by atoms with Crippen molar-refractivity contribution in [1.29, 1.82) is 0 Å². The molecule has 3 heteroatoms. The predicted molar refractivity (Wildman–Crippen MR) is 123 cm³/mol. The van der Waals surface area contributed by atoms with Gasteiger partial charge in [0.25, 0.3) is 0 Å². The largest absolute Gasteiger partial charge is 0.256 e. The molecule has 2 nitrogen and oxygen atoms in total. The molecule has 0 saturated carbocycles. The second-order valence-corrected chi connectivity index (χ2v) is 7.83. The van der Waals surface area contributed by atoms with Gasteiger partial charge in [0.2, 0.25) is 0 Å². The van der Waals surface area contributed by atoms with Crippen molar-refractivity contribution in [3.8, 4) is 11.1 Å². The van der Waals surface area contributed by atoms with Gasteiger partial charge in [-0.3, -0.25) is 4.99 Å². The highest BCUT2D eigenvalue weighted by Crippen LogP contribution is 2.36. The third kappa shape index (κ3) is 4.24. The van der Waals surface area contributed by atoms with Crippen LogP contribution in [0.4, 0.5) is 10.1 Å². The Labute approximate surface area is 174 Å². The van der Waals surface area contributed by atoms with Crippen LogP contribution < -0.4 is 0 Å². The molecule has 3 rings (SSSR count). The summed E-state index contributed by atoms with van der Waals surface area (Å²) in [7, 11) is 0. The van der Waals surface area contributed by atoms with Crippen molar-refractivity contribution >= 4 is 17.1 Å². The molecule has 1 heterocycles. The Morgan fingerprint density at radius 1 is 1.03 bits per heavy atom. The van der Waals surface area contributed by atoms with Crippen molar-refractivity contribution in [3.05, 3.63) is 64.1 Å². The van der Waals surface area contributed by atoms with Crippen LogP contribution in [0.2, 0.25) is 0 Å². The maximum absolute atomic E-state index is 14.2. The number of allylic oxidation sites excluding steroid dienone is 2. The van der Waals surface area contributed by atoms with Crippen LogP contribution in [-0.4, -0.2) is 11.4 Å². The molecule has 1 aliphatic rings. The fourth-order valence-corrected chi connectivity index (χ4v) is 3.95. The Kier molecular flexibility index (Phi) is 6.46. The van der Waals surface area contributed by atoms with Gasteiger partial charge in [-0.25, -0.2) is 9.38 Å². The molecule has 0 N–H and O–H groups in total. The van der Waals surface area contributed by atoms with Gasteiger partial charge in [0.05, 0.1) is 17.1 Å². The minimum absolute atomic E-state index is 0.159. The molecule has 0 saturated heterocycles. The quantitative estimate of drug-likeness (QED) is 0.432.